The van der Waals surface area contributed by atoms with Crippen LogP contribution in [0.15, 0.2) is 18.2 Å². The molecule has 0 heterocycles. The van der Waals surface area contributed by atoms with Crippen LogP contribution >= 0.6 is 11.6 Å². The second-order valence-corrected chi connectivity index (χ2v) is 5.23. The van der Waals surface area contributed by atoms with Gasteiger partial charge in [0.2, 0.25) is 11.8 Å². The molecule has 0 saturated heterocycles. The lowest BCUT2D eigenvalue weighted by molar-refractivity contribution is -0.116. The normalized spacial score (nSPS) is 10.6. The molecular weight excluding hydrogens is 278 g/mol. The van der Waals surface area contributed by atoms with E-state index in [1.807, 2.05) is 0 Å². The molecule has 0 saturated carbocycles. The quantitative estimate of drug-likeness (QED) is 0.674. The van der Waals surface area contributed by atoms with E-state index in [0.717, 1.165) is 13.0 Å². The number of nitrogens with one attached hydrogen (secondary N) is 2. The Labute approximate surface area is 123 Å². The average molecular weight is 298 g/mol. The maximum absolute atomic E-state index is 11.7. The van der Waals surface area contributed by atoms with Gasteiger partial charge < -0.3 is 16.4 Å². The van der Waals surface area contributed by atoms with Crippen molar-refractivity contribution in [3.05, 3.63) is 28.8 Å². The molecule has 0 aromatic heterocycles. The highest BCUT2D eigenvalue weighted by Gasteiger charge is 2.08. The maximum atomic E-state index is 11.7. The van der Waals surface area contributed by atoms with Gasteiger partial charge in [-0.3, -0.25) is 9.59 Å². The number of nitrogens with two attached hydrogens (primary N) is 1. The first-order valence-corrected chi connectivity index (χ1v) is 6.90. The Hall–Kier alpha value is -1.59. The minimum Gasteiger partial charge on any atom is -0.366 e. The van der Waals surface area contributed by atoms with Gasteiger partial charge in [-0.25, -0.2) is 0 Å². The van der Waals surface area contributed by atoms with E-state index >= 15 is 0 Å². The number of anilines is 1. The summed E-state index contributed by atoms with van der Waals surface area (Å²) < 4.78 is 0. The molecule has 110 valence electrons. The van der Waals surface area contributed by atoms with Gasteiger partial charge in [-0.05, 0) is 31.2 Å². The molecular formula is C14H20ClN3O2. The van der Waals surface area contributed by atoms with E-state index in [4.69, 9.17) is 17.3 Å². The molecule has 0 aliphatic rings. The molecule has 1 rings (SSSR count). The predicted molar refractivity (Wildman–Crippen MR) is 81.0 cm³/mol. The number of hydrogen-bond acceptors (Lipinski definition) is 3. The summed E-state index contributed by atoms with van der Waals surface area (Å²) in [6, 6.07) is 5.04. The van der Waals surface area contributed by atoms with Gasteiger partial charge in [-0.15, -0.1) is 0 Å². The summed E-state index contributed by atoms with van der Waals surface area (Å²) >= 11 is 5.91. The number of carbonyl (C=O) groups is 2. The molecule has 4 N–H and O–H groups in total. The third-order valence-corrected chi connectivity index (χ3v) is 2.96. The van der Waals surface area contributed by atoms with Crippen molar-refractivity contribution in [3.8, 4) is 0 Å². The van der Waals surface area contributed by atoms with Gasteiger partial charge in [0.1, 0.15) is 0 Å². The van der Waals surface area contributed by atoms with Crippen LogP contribution in [0.25, 0.3) is 0 Å². The smallest absolute Gasteiger partial charge is 0.250 e. The van der Waals surface area contributed by atoms with Crippen molar-refractivity contribution in [1.29, 1.82) is 0 Å². The van der Waals surface area contributed by atoms with Crippen molar-refractivity contribution >= 4 is 29.1 Å². The molecule has 5 nitrogen and oxygen atoms in total. The van der Waals surface area contributed by atoms with Crippen molar-refractivity contribution in [1.82, 2.24) is 5.32 Å². The van der Waals surface area contributed by atoms with Gasteiger partial charge in [0.05, 0.1) is 10.6 Å². The summed E-state index contributed by atoms with van der Waals surface area (Å²) in [6.45, 7) is 4.91. The lowest BCUT2D eigenvalue weighted by Gasteiger charge is -2.09. The highest BCUT2D eigenvalue weighted by Crippen LogP contribution is 2.20. The molecule has 1 aromatic carbocycles. The highest BCUT2D eigenvalue weighted by molar-refractivity contribution is 6.34. The standard InChI is InChI=1S/C14H20ClN3O2/c1-9(2)17-7-3-4-13(19)18-10-5-6-11(14(16)20)12(15)8-10/h5-6,8-9,17H,3-4,7H2,1-2H3,(H2,16,20)(H,18,19). The SMILES string of the molecule is CC(C)NCCCC(=O)Nc1ccc(C(N)=O)c(Cl)c1. The molecule has 1 aromatic rings. The Bertz CT molecular complexity index is 489. The summed E-state index contributed by atoms with van der Waals surface area (Å²) in [5, 5.41) is 6.21. The van der Waals surface area contributed by atoms with Crippen LogP contribution in [0.3, 0.4) is 0 Å². The third-order valence-electron chi connectivity index (χ3n) is 2.65. The number of carbonyl (C=O) groups excluding carboxylic acids is 2. The number of halogens is 1. The van der Waals surface area contributed by atoms with Crippen LogP contribution in [0, 0.1) is 0 Å². The minimum absolute atomic E-state index is 0.0848. The molecule has 0 unspecified atom stereocenters. The van der Waals surface area contributed by atoms with Crippen LogP contribution < -0.4 is 16.4 Å². The van der Waals surface area contributed by atoms with Gasteiger partial charge in [0, 0.05) is 18.2 Å². The summed E-state index contributed by atoms with van der Waals surface area (Å²) in [5.74, 6) is -0.675. The van der Waals surface area contributed by atoms with E-state index in [2.05, 4.69) is 24.5 Å². The van der Waals surface area contributed by atoms with Crippen molar-refractivity contribution < 1.29 is 9.59 Å². The molecule has 0 radical (unpaired) electrons. The average Bonchev–Trinajstić information content (AvgIpc) is 2.34. The van der Waals surface area contributed by atoms with Crippen LogP contribution in [-0.4, -0.2) is 24.4 Å². The second-order valence-electron chi connectivity index (χ2n) is 4.82. The summed E-state index contributed by atoms with van der Waals surface area (Å²) in [5.41, 5.74) is 5.95. The lowest BCUT2D eigenvalue weighted by atomic mass is 10.2. The number of hydrogen-bond donors (Lipinski definition) is 3. The first-order chi connectivity index (χ1) is 9.40. The van der Waals surface area contributed by atoms with E-state index in [0.29, 0.717) is 18.2 Å². The number of primary amides is 1. The molecule has 0 fully saturated rings. The fourth-order valence-corrected chi connectivity index (χ4v) is 1.93. The molecule has 6 heteroatoms. The van der Waals surface area contributed by atoms with Crippen molar-refractivity contribution in [3.63, 3.8) is 0 Å². The zero-order valence-corrected chi connectivity index (χ0v) is 12.5. The van der Waals surface area contributed by atoms with E-state index < -0.39 is 5.91 Å². The van der Waals surface area contributed by atoms with Crippen molar-refractivity contribution in [2.24, 2.45) is 5.73 Å². The minimum atomic E-state index is -0.590. The molecule has 0 spiro atoms. The van der Waals surface area contributed by atoms with Crippen molar-refractivity contribution in [2.75, 3.05) is 11.9 Å². The number of rotatable bonds is 7. The second kappa shape index (κ2) is 7.87. The number of benzene rings is 1. The van der Waals surface area contributed by atoms with Crippen LogP contribution in [0.2, 0.25) is 5.02 Å². The Morgan fingerprint density at radius 3 is 2.60 bits per heavy atom. The monoisotopic (exact) mass is 297 g/mol. The first-order valence-electron chi connectivity index (χ1n) is 6.52. The summed E-state index contributed by atoms with van der Waals surface area (Å²) in [6.07, 6.45) is 1.19. The maximum Gasteiger partial charge on any atom is 0.250 e. The Morgan fingerprint density at radius 1 is 1.35 bits per heavy atom. The molecule has 0 bridgehead atoms. The predicted octanol–water partition coefficient (Wildman–Crippen LogP) is 2.16. The summed E-state index contributed by atoms with van der Waals surface area (Å²) in [4.78, 5) is 22.7. The highest BCUT2D eigenvalue weighted by atomic mass is 35.5. The zero-order valence-electron chi connectivity index (χ0n) is 11.7. The molecule has 0 aliphatic heterocycles. The van der Waals surface area contributed by atoms with Crippen LogP contribution in [0.4, 0.5) is 5.69 Å². The fraction of sp³-hybridized carbons (Fsp3) is 0.429. The molecule has 0 aliphatic carbocycles. The Balaban J connectivity index is 2.46. The molecule has 20 heavy (non-hydrogen) atoms. The summed E-state index contributed by atoms with van der Waals surface area (Å²) in [7, 11) is 0. The van der Waals surface area contributed by atoms with E-state index in [1.54, 1.807) is 6.07 Å². The van der Waals surface area contributed by atoms with Crippen LogP contribution in [0.1, 0.15) is 37.0 Å². The fourth-order valence-electron chi connectivity index (χ4n) is 1.66. The van der Waals surface area contributed by atoms with E-state index in [-0.39, 0.29) is 16.5 Å². The van der Waals surface area contributed by atoms with Gasteiger partial charge in [-0.1, -0.05) is 25.4 Å². The van der Waals surface area contributed by atoms with Gasteiger partial charge >= 0.3 is 0 Å². The first kappa shape index (κ1) is 16.5. The van der Waals surface area contributed by atoms with Gasteiger partial charge in [0.25, 0.3) is 0 Å². The zero-order chi connectivity index (χ0) is 15.1. The van der Waals surface area contributed by atoms with Crippen molar-refractivity contribution in [2.45, 2.75) is 32.7 Å². The van der Waals surface area contributed by atoms with E-state index in [1.165, 1.54) is 12.1 Å². The third kappa shape index (κ3) is 5.59. The van der Waals surface area contributed by atoms with Gasteiger partial charge in [-0.2, -0.15) is 0 Å². The lowest BCUT2D eigenvalue weighted by Crippen LogP contribution is -2.24. The van der Waals surface area contributed by atoms with E-state index in [9.17, 15) is 9.59 Å². The topological polar surface area (TPSA) is 84.2 Å². The molecule has 0 atom stereocenters. The molecule has 2 amide bonds. The van der Waals surface area contributed by atoms with Gasteiger partial charge in [0.15, 0.2) is 0 Å². The Morgan fingerprint density at radius 2 is 2.05 bits per heavy atom. The number of amides is 2. The largest absolute Gasteiger partial charge is 0.366 e. The Kier molecular flexibility index (Phi) is 6.48. The van der Waals surface area contributed by atoms with Crippen LogP contribution in [0.5, 0.6) is 0 Å². The van der Waals surface area contributed by atoms with Crippen LogP contribution in [-0.2, 0) is 4.79 Å².